The van der Waals surface area contributed by atoms with Crippen LogP contribution in [0.15, 0.2) is 60.7 Å². The summed E-state index contributed by atoms with van der Waals surface area (Å²) in [6.07, 6.45) is 1.10. The van der Waals surface area contributed by atoms with Gasteiger partial charge in [0.2, 0.25) is 15.9 Å². The van der Waals surface area contributed by atoms with Crippen LogP contribution in [0.5, 0.6) is 0 Å². The predicted molar refractivity (Wildman–Crippen MR) is 132 cm³/mol. The number of sulfonamides is 1. The summed E-state index contributed by atoms with van der Waals surface area (Å²) in [6, 6.07) is 18.2. The van der Waals surface area contributed by atoms with Crippen molar-refractivity contribution < 1.29 is 13.2 Å². The molecule has 0 spiro atoms. The summed E-state index contributed by atoms with van der Waals surface area (Å²) in [5.41, 5.74) is 1.35. The number of benzene rings is 3. The van der Waals surface area contributed by atoms with Gasteiger partial charge in [-0.15, -0.1) is 0 Å². The molecular weight excluding hydrogens is 475 g/mol. The molecular formula is C22H22Cl2N2O3S2. The second kappa shape index (κ2) is 10.6. The van der Waals surface area contributed by atoms with Crippen LogP contribution in [0.4, 0.5) is 5.69 Å². The Balaban J connectivity index is 1.59. The highest BCUT2D eigenvalue weighted by Crippen LogP contribution is 2.29. The molecule has 0 atom stereocenters. The second-order valence-corrected chi connectivity index (χ2v) is 10.7. The van der Waals surface area contributed by atoms with Crippen molar-refractivity contribution in [2.75, 3.05) is 29.4 Å². The predicted octanol–water partition coefficient (Wildman–Crippen LogP) is 4.96. The van der Waals surface area contributed by atoms with Crippen molar-refractivity contribution in [3.05, 3.63) is 76.3 Å². The number of hydrogen-bond acceptors (Lipinski definition) is 4. The van der Waals surface area contributed by atoms with E-state index in [4.69, 9.17) is 23.2 Å². The molecule has 0 heterocycles. The fourth-order valence-electron chi connectivity index (χ4n) is 3.10. The Labute approximate surface area is 196 Å². The number of hydrogen-bond donors (Lipinski definition) is 1. The number of fused-ring (bicyclic) bond motifs is 1. The van der Waals surface area contributed by atoms with E-state index in [2.05, 4.69) is 5.32 Å². The average molecular weight is 497 g/mol. The normalized spacial score (nSPS) is 11.5. The lowest BCUT2D eigenvalue weighted by Gasteiger charge is -2.23. The highest BCUT2D eigenvalue weighted by Gasteiger charge is 2.22. The fraction of sp³-hybridized carbons (Fsp3) is 0.227. The van der Waals surface area contributed by atoms with E-state index >= 15 is 0 Å². The average Bonchev–Trinajstić information content (AvgIpc) is 2.72. The molecule has 5 nitrogen and oxygen atoms in total. The molecule has 9 heteroatoms. The minimum absolute atomic E-state index is 0.284. The van der Waals surface area contributed by atoms with Crippen molar-refractivity contribution in [3.8, 4) is 0 Å². The van der Waals surface area contributed by atoms with Crippen LogP contribution >= 0.6 is 35.0 Å². The number of amides is 1. The van der Waals surface area contributed by atoms with E-state index in [1.54, 1.807) is 42.1 Å². The van der Waals surface area contributed by atoms with Crippen molar-refractivity contribution in [2.24, 2.45) is 0 Å². The van der Waals surface area contributed by atoms with Gasteiger partial charge in [-0.25, -0.2) is 8.42 Å². The van der Waals surface area contributed by atoms with Gasteiger partial charge < -0.3 is 5.32 Å². The van der Waals surface area contributed by atoms with Crippen LogP contribution in [-0.2, 0) is 20.6 Å². The molecule has 0 saturated heterocycles. The Morgan fingerprint density at radius 3 is 2.35 bits per heavy atom. The molecule has 164 valence electrons. The Morgan fingerprint density at radius 2 is 1.65 bits per heavy atom. The number of halogens is 2. The molecule has 1 N–H and O–H groups in total. The molecule has 31 heavy (non-hydrogen) atoms. The van der Waals surface area contributed by atoms with Crippen LogP contribution in [0.1, 0.15) is 5.56 Å². The van der Waals surface area contributed by atoms with Gasteiger partial charge in [-0.2, -0.15) is 11.8 Å². The minimum atomic E-state index is -3.65. The van der Waals surface area contributed by atoms with Crippen molar-refractivity contribution in [1.29, 1.82) is 0 Å². The Morgan fingerprint density at radius 1 is 1.00 bits per heavy atom. The summed E-state index contributed by atoms with van der Waals surface area (Å²) >= 11 is 13.9. The third kappa shape index (κ3) is 6.29. The number of anilines is 1. The van der Waals surface area contributed by atoms with Gasteiger partial charge in [0.25, 0.3) is 0 Å². The number of thioether (sulfide) groups is 1. The van der Waals surface area contributed by atoms with Gasteiger partial charge in [0.05, 0.1) is 11.9 Å². The minimum Gasteiger partial charge on any atom is -0.354 e. The first-order valence-corrected chi connectivity index (χ1v) is 13.3. The van der Waals surface area contributed by atoms with Crippen LogP contribution in [0.3, 0.4) is 0 Å². The van der Waals surface area contributed by atoms with E-state index in [1.165, 1.54) is 0 Å². The maximum Gasteiger partial charge on any atom is 0.240 e. The summed E-state index contributed by atoms with van der Waals surface area (Å²) < 4.78 is 26.0. The van der Waals surface area contributed by atoms with Gasteiger partial charge in [-0.3, -0.25) is 9.10 Å². The maximum atomic E-state index is 12.5. The third-order valence-corrected chi connectivity index (χ3v) is 7.42. The van der Waals surface area contributed by atoms with Crippen molar-refractivity contribution in [1.82, 2.24) is 5.32 Å². The smallest absolute Gasteiger partial charge is 0.240 e. The maximum absolute atomic E-state index is 12.5. The molecule has 3 rings (SSSR count). The lowest BCUT2D eigenvalue weighted by molar-refractivity contribution is -0.119. The van der Waals surface area contributed by atoms with E-state index in [-0.39, 0.29) is 12.5 Å². The van der Waals surface area contributed by atoms with Crippen LogP contribution in [-0.4, -0.2) is 39.4 Å². The molecule has 3 aromatic carbocycles. The molecule has 0 radical (unpaired) electrons. The zero-order valence-electron chi connectivity index (χ0n) is 16.8. The van der Waals surface area contributed by atoms with Crippen LogP contribution in [0.2, 0.25) is 10.0 Å². The largest absolute Gasteiger partial charge is 0.354 e. The topological polar surface area (TPSA) is 66.5 Å². The number of rotatable bonds is 9. The number of nitrogens with one attached hydrogen (secondary N) is 1. The molecule has 0 aromatic heterocycles. The molecule has 1 amide bonds. The van der Waals surface area contributed by atoms with Gasteiger partial charge >= 0.3 is 0 Å². The standard InChI is InChI=1S/C22H22Cl2N2O3S2/c1-31(28,29)26(21-11-4-7-16-6-2-3-8-17(16)21)14-22(27)25-12-13-30-15-18-19(23)9-5-10-20(18)24/h2-11H,12-15H2,1H3,(H,25,27). The number of nitrogens with zero attached hydrogens (tertiary/aromatic N) is 1. The first-order valence-electron chi connectivity index (χ1n) is 9.50. The van der Waals surface area contributed by atoms with Gasteiger partial charge in [0.15, 0.2) is 0 Å². The lowest BCUT2D eigenvalue weighted by Crippen LogP contribution is -2.41. The first-order chi connectivity index (χ1) is 14.8. The molecule has 3 aromatic rings. The van der Waals surface area contributed by atoms with E-state index in [0.29, 0.717) is 33.8 Å². The Kier molecular flexibility index (Phi) is 8.11. The quantitative estimate of drug-likeness (QED) is 0.425. The van der Waals surface area contributed by atoms with Gasteiger partial charge in [-0.05, 0) is 29.1 Å². The number of carbonyl (C=O) groups is 1. The van der Waals surface area contributed by atoms with Crippen molar-refractivity contribution in [3.63, 3.8) is 0 Å². The van der Waals surface area contributed by atoms with E-state index in [1.807, 2.05) is 30.3 Å². The highest BCUT2D eigenvalue weighted by molar-refractivity contribution is 7.98. The summed E-state index contributed by atoms with van der Waals surface area (Å²) in [5.74, 6) is 0.898. The van der Waals surface area contributed by atoms with Crippen molar-refractivity contribution in [2.45, 2.75) is 5.75 Å². The summed E-state index contributed by atoms with van der Waals surface area (Å²) in [6.45, 7) is 0.118. The monoisotopic (exact) mass is 496 g/mol. The highest BCUT2D eigenvalue weighted by atomic mass is 35.5. The lowest BCUT2D eigenvalue weighted by atomic mass is 10.1. The molecule has 0 unspecified atom stereocenters. The van der Waals surface area contributed by atoms with Gasteiger partial charge in [0.1, 0.15) is 6.54 Å². The zero-order valence-corrected chi connectivity index (χ0v) is 20.0. The van der Waals surface area contributed by atoms with Crippen LogP contribution in [0, 0.1) is 0 Å². The summed E-state index contributed by atoms with van der Waals surface area (Å²) in [4.78, 5) is 12.5. The first kappa shape index (κ1) is 23.7. The molecule has 0 aliphatic carbocycles. The van der Waals surface area contributed by atoms with Crippen LogP contribution in [0.25, 0.3) is 10.8 Å². The van der Waals surface area contributed by atoms with Gasteiger partial charge in [-0.1, -0.05) is 65.7 Å². The molecule has 0 saturated carbocycles. The summed E-state index contributed by atoms with van der Waals surface area (Å²) in [7, 11) is -3.65. The molecule has 0 aliphatic heterocycles. The van der Waals surface area contributed by atoms with Crippen LogP contribution < -0.4 is 9.62 Å². The summed E-state index contributed by atoms with van der Waals surface area (Å²) in [5, 5.41) is 5.69. The zero-order chi connectivity index (χ0) is 22.4. The molecule has 0 bridgehead atoms. The molecule has 0 fully saturated rings. The van der Waals surface area contributed by atoms with Gasteiger partial charge in [0, 0.05) is 33.5 Å². The van der Waals surface area contributed by atoms with Crippen molar-refractivity contribution >= 4 is 67.4 Å². The Bertz CT molecular complexity index is 1160. The van der Waals surface area contributed by atoms with E-state index in [9.17, 15) is 13.2 Å². The van der Waals surface area contributed by atoms with E-state index < -0.39 is 10.0 Å². The number of carbonyl (C=O) groups excluding carboxylic acids is 1. The second-order valence-electron chi connectivity index (χ2n) is 6.87. The van der Waals surface area contributed by atoms with E-state index in [0.717, 1.165) is 26.9 Å². The SMILES string of the molecule is CS(=O)(=O)N(CC(=O)NCCSCc1c(Cl)cccc1Cl)c1cccc2ccccc12. The Hall–Kier alpha value is -1.93. The fourth-order valence-corrected chi connectivity index (χ4v) is 5.56. The third-order valence-electron chi connectivity index (χ3n) is 4.60. The molecule has 0 aliphatic rings.